The Hall–Kier alpha value is -0.710. The molecule has 0 aromatic heterocycles. The standard InChI is InChI=1S/C10H14N2OS.ClH/c1-14-9-5-3-2-4-8(9)12-10(13)6-7-11;/h2-5H,6-7,11H2,1H3,(H,12,13);1H. The van der Waals surface area contributed by atoms with Crippen LogP contribution in [-0.2, 0) is 4.79 Å². The summed E-state index contributed by atoms with van der Waals surface area (Å²) in [7, 11) is 0. The SMILES string of the molecule is CSc1ccccc1NC(=O)CCN.Cl. The molecule has 84 valence electrons. The molecular formula is C10H15ClN2OS. The minimum Gasteiger partial charge on any atom is -0.330 e. The van der Waals surface area contributed by atoms with Gasteiger partial charge in [0.05, 0.1) is 5.69 Å². The molecule has 15 heavy (non-hydrogen) atoms. The van der Waals surface area contributed by atoms with E-state index in [9.17, 15) is 4.79 Å². The first kappa shape index (κ1) is 14.3. The van der Waals surface area contributed by atoms with Gasteiger partial charge in [-0.3, -0.25) is 4.79 Å². The van der Waals surface area contributed by atoms with Gasteiger partial charge in [0, 0.05) is 17.9 Å². The number of rotatable bonds is 4. The first-order chi connectivity index (χ1) is 6.77. The number of hydrogen-bond acceptors (Lipinski definition) is 3. The molecule has 1 amide bonds. The Morgan fingerprint density at radius 2 is 2.13 bits per heavy atom. The molecule has 0 atom stereocenters. The van der Waals surface area contributed by atoms with Crippen molar-refractivity contribution in [2.75, 3.05) is 18.1 Å². The van der Waals surface area contributed by atoms with E-state index < -0.39 is 0 Å². The van der Waals surface area contributed by atoms with Gasteiger partial charge in [-0.05, 0) is 18.4 Å². The average molecular weight is 247 g/mol. The van der Waals surface area contributed by atoms with Crippen molar-refractivity contribution in [1.29, 1.82) is 0 Å². The number of nitrogens with two attached hydrogens (primary N) is 1. The number of anilines is 1. The molecule has 1 aromatic rings. The number of thioether (sulfide) groups is 1. The van der Waals surface area contributed by atoms with Gasteiger partial charge in [-0.25, -0.2) is 0 Å². The molecule has 5 heteroatoms. The topological polar surface area (TPSA) is 55.1 Å². The summed E-state index contributed by atoms with van der Waals surface area (Å²) in [6.45, 7) is 0.382. The number of nitrogens with one attached hydrogen (secondary N) is 1. The summed E-state index contributed by atoms with van der Waals surface area (Å²) >= 11 is 1.61. The van der Waals surface area contributed by atoms with Crippen molar-refractivity contribution < 1.29 is 4.79 Å². The molecule has 1 rings (SSSR count). The minimum atomic E-state index is -0.0333. The Morgan fingerprint density at radius 1 is 1.47 bits per heavy atom. The second kappa shape index (κ2) is 7.56. The Kier molecular flexibility index (Phi) is 7.21. The lowest BCUT2D eigenvalue weighted by molar-refractivity contribution is -0.116. The van der Waals surface area contributed by atoms with Gasteiger partial charge in [0.2, 0.25) is 5.91 Å². The number of para-hydroxylation sites is 1. The number of halogens is 1. The number of benzene rings is 1. The molecule has 0 unspecified atom stereocenters. The fraction of sp³-hybridized carbons (Fsp3) is 0.300. The first-order valence-electron chi connectivity index (χ1n) is 4.41. The highest BCUT2D eigenvalue weighted by molar-refractivity contribution is 7.98. The molecule has 0 heterocycles. The van der Waals surface area contributed by atoms with Crippen molar-refractivity contribution in [2.45, 2.75) is 11.3 Å². The average Bonchev–Trinajstić information content (AvgIpc) is 2.19. The lowest BCUT2D eigenvalue weighted by atomic mass is 10.3. The largest absolute Gasteiger partial charge is 0.330 e. The third-order valence-electron chi connectivity index (χ3n) is 1.75. The van der Waals surface area contributed by atoms with E-state index in [1.807, 2.05) is 30.5 Å². The molecule has 0 saturated carbocycles. The first-order valence-corrected chi connectivity index (χ1v) is 5.63. The zero-order valence-corrected chi connectivity index (χ0v) is 10.2. The van der Waals surface area contributed by atoms with E-state index in [1.165, 1.54) is 0 Å². The van der Waals surface area contributed by atoms with Gasteiger partial charge in [0.25, 0.3) is 0 Å². The van der Waals surface area contributed by atoms with Gasteiger partial charge in [0.1, 0.15) is 0 Å². The van der Waals surface area contributed by atoms with Crippen molar-refractivity contribution in [3.63, 3.8) is 0 Å². The van der Waals surface area contributed by atoms with E-state index >= 15 is 0 Å². The predicted octanol–water partition coefficient (Wildman–Crippen LogP) is 2.12. The van der Waals surface area contributed by atoms with E-state index in [0.29, 0.717) is 13.0 Å². The zero-order valence-electron chi connectivity index (χ0n) is 8.53. The molecule has 0 aliphatic heterocycles. The molecule has 3 N–H and O–H groups in total. The van der Waals surface area contributed by atoms with Crippen molar-refractivity contribution in [3.05, 3.63) is 24.3 Å². The second-order valence-electron chi connectivity index (χ2n) is 2.79. The Morgan fingerprint density at radius 3 is 2.73 bits per heavy atom. The van der Waals surface area contributed by atoms with Crippen LogP contribution >= 0.6 is 24.2 Å². The minimum absolute atomic E-state index is 0. The Balaban J connectivity index is 0.00000196. The molecule has 3 nitrogen and oxygen atoms in total. The van der Waals surface area contributed by atoms with E-state index in [-0.39, 0.29) is 18.3 Å². The van der Waals surface area contributed by atoms with Crippen LogP contribution in [0.5, 0.6) is 0 Å². The van der Waals surface area contributed by atoms with E-state index in [1.54, 1.807) is 11.8 Å². The highest BCUT2D eigenvalue weighted by atomic mass is 35.5. The molecule has 0 aliphatic rings. The van der Waals surface area contributed by atoms with Crippen LogP contribution in [0.25, 0.3) is 0 Å². The lowest BCUT2D eigenvalue weighted by Gasteiger charge is -2.08. The molecule has 0 aliphatic carbocycles. The fourth-order valence-corrected chi connectivity index (χ4v) is 1.65. The summed E-state index contributed by atoms with van der Waals surface area (Å²) in [5, 5.41) is 2.82. The second-order valence-corrected chi connectivity index (χ2v) is 3.64. The van der Waals surface area contributed by atoms with E-state index in [2.05, 4.69) is 5.32 Å². The van der Waals surface area contributed by atoms with Crippen LogP contribution in [0.3, 0.4) is 0 Å². The smallest absolute Gasteiger partial charge is 0.225 e. The van der Waals surface area contributed by atoms with Gasteiger partial charge in [0.15, 0.2) is 0 Å². The number of carbonyl (C=O) groups excluding carboxylic acids is 1. The fourth-order valence-electron chi connectivity index (χ4n) is 1.09. The van der Waals surface area contributed by atoms with Crippen molar-refractivity contribution in [3.8, 4) is 0 Å². The van der Waals surface area contributed by atoms with Gasteiger partial charge in [-0.2, -0.15) is 0 Å². The third-order valence-corrected chi connectivity index (χ3v) is 2.55. The van der Waals surface area contributed by atoms with Crippen LogP contribution in [0.1, 0.15) is 6.42 Å². The molecule has 0 spiro atoms. The van der Waals surface area contributed by atoms with Crippen LogP contribution in [0.4, 0.5) is 5.69 Å². The lowest BCUT2D eigenvalue weighted by Crippen LogP contribution is -2.16. The number of carbonyl (C=O) groups is 1. The van der Waals surface area contributed by atoms with Crippen LogP contribution in [0, 0.1) is 0 Å². The van der Waals surface area contributed by atoms with Crippen molar-refractivity contribution in [1.82, 2.24) is 0 Å². The number of amides is 1. The van der Waals surface area contributed by atoms with Crippen molar-refractivity contribution >= 4 is 35.8 Å². The Bertz CT molecular complexity index is 320. The molecular weight excluding hydrogens is 232 g/mol. The summed E-state index contributed by atoms with van der Waals surface area (Å²) in [5.41, 5.74) is 6.15. The Labute approximate surface area is 100 Å². The van der Waals surface area contributed by atoms with E-state index in [0.717, 1.165) is 10.6 Å². The normalized spacial score (nSPS) is 9.20. The zero-order chi connectivity index (χ0) is 10.4. The molecule has 0 bridgehead atoms. The van der Waals surface area contributed by atoms with Crippen LogP contribution < -0.4 is 11.1 Å². The summed E-state index contributed by atoms with van der Waals surface area (Å²) in [4.78, 5) is 12.3. The van der Waals surface area contributed by atoms with Gasteiger partial charge >= 0.3 is 0 Å². The highest BCUT2D eigenvalue weighted by Gasteiger charge is 2.04. The molecule has 0 radical (unpaired) electrons. The van der Waals surface area contributed by atoms with Crippen LogP contribution in [-0.4, -0.2) is 18.7 Å². The summed E-state index contributed by atoms with van der Waals surface area (Å²) in [5.74, 6) is -0.0333. The van der Waals surface area contributed by atoms with Gasteiger partial charge in [-0.1, -0.05) is 12.1 Å². The van der Waals surface area contributed by atoms with Gasteiger partial charge < -0.3 is 11.1 Å². The van der Waals surface area contributed by atoms with Crippen LogP contribution in [0.15, 0.2) is 29.2 Å². The number of hydrogen-bond donors (Lipinski definition) is 2. The maximum absolute atomic E-state index is 11.3. The monoisotopic (exact) mass is 246 g/mol. The van der Waals surface area contributed by atoms with Gasteiger partial charge in [-0.15, -0.1) is 24.2 Å². The van der Waals surface area contributed by atoms with Crippen LogP contribution in [0.2, 0.25) is 0 Å². The predicted molar refractivity (Wildman–Crippen MR) is 67.8 cm³/mol. The molecule has 0 saturated heterocycles. The maximum Gasteiger partial charge on any atom is 0.225 e. The third kappa shape index (κ3) is 4.55. The molecule has 0 fully saturated rings. The maximum atomic E-state index is 11.3. The van der Waals surface area contributed by atoms with E-state index in [4.69, 9.17) is 5.73 Å². The molecule has 1 aromatic carbocycles. The summed E-state index contributed by atoms with van der Waals surface area (Å²) in [6, 6.07) is 7.71. The quantitative estimate of drug-likeness (QED) is 0.801. The summed E-state index contributed by atoms with van der Waals surface area (Å²) in [6.07, 6.45) is 2.34. The van der Waals surface area contributed by atoms with Crippen molar-refractivity contribution in [2.24, 2.45) is 5.73 Å². The summed E-state index contributed by atoms with van der Waals surface area (Å²) < 4.78 is 0. The highest BCUT2D eigenvalue weighted by Crippen LogP contribution is 2.24.